The number of nitrogens with two attached hydrogens (primary N) is 1. The van der Waals surface area contributed by atoms with E-state index in [1.165, 1.54) is 0 Å². The molecule has 1 heterocycles. The van der Waals surface area contributed by atoms with Gasteiger partial charge in [0.1, 0.15) is 11.9 Å². The number of benzene rings is 1. The van der Waals surface area contributed by atoms with Crippen molar-refractivity contribution < 1.29 is 9.53 Å². The molecule has 0 aromatic heterocycles. The highest BCUT2D eigenvalue weighted by molar-refractivity contribution is 5.85. The zero-order valence-electron chi connectivity index (χ0n) is 12.7. The molecule has 1 aromatic rings. The Morgan fingerprint density at radius 1 is 1.24 bits per heavy atom. The summed E-state index contributed by atoms with van der Waals surface area (Å²) in [6, 6.07) is 9.76. The van der Waals surface area contributed by atoms with Gasteiger partial charge in [-0.2, -0.15) is 0 Å². The number of hydrogen-bond acceptors (Lipinski definition) is 3. The van der Waals surface area contributed by atoms with Crippen LogP contribution in [0.15, 0.2) is 30.3 Å². The van der Waals surface area contributed by atoms with Gasteiger partial charge < -0.3 is 15.4 Å². The summed E-state index contributed by atoms with van der Waals surface area (Å²) < 4.78 is 5.93. The number of likely N-dealkylation sites (tertiary alicyclic amines) is 1. The van der Waals surface area contributed by atoms with Gasteiger partial charge in [-0.3, -0.25) is 4.79 Å². The van der Waals surface area contributed by atoms with E-state index in [1.807, 2.05) is 49.1 Å². The smallest absolute Gasteiger partial charge is 0.226 e. The van der Waals surface area contributed by atoms with Crippen molar-refractivity contribution in [1.29, 1.82) is 0 Å². The molecule has 0 radical (unpaired) electrons. The molecule has 1 aromatic carbocycles. The van der Waals surface area contributed by atoms with E-state index < -0.39 is 0 Å². The van der Waals surface area contributed by atoms with Crippen molar-refractivity contribution in [2.24, 2.45) is 11.7 Å². The highest BCUT2D eigenvalue weighted by atomic mass is 35.5. The van der Waals surface area contributed by atoms with E-state index >= 15 is 0 Å². The first-order valence-electron chi connectivity index (χ1n) is 7.34. The first kappa shape index (κ1) is 17.8. The Bertz CT molecular complexity index is 431. The van der Waals surface area contributed by atoms with Gasteiger partial charge in [0.2, 0.25) is 5.91 Å². The average Bonchev–Trinajstić information content (AvgIpc) is 2.47. The first-order valence-corrected chi connectivity index (χ1v) is 7.34. The third kappa shape index (κ3) is 4.90. The molecule has 2 unspecified atom stereocenters. The van der Waals surface area contributed by atoms with Crippen molar-refractivity contribution in [3.63, 3.8) is 0 Å². The number of nitrogens with zero attached hydrogens (tertiary/aromatic N) is 1. The number of carbonyl (C=O) groups is 1. The normalized spacial score (nSPS) is 18.5. The molecule has 21 heavy (non-hydrogen) atoms. The topological polar surface area (TPSA) is 55.6 Å². The van der Waals surface area contributed by atoms with Crippen molar-refractivity contribution in [2.45, 2.75) is 38.8 Å². The lowest BCUT2D eigenvalue weighted by atomic mass is 10.0. The van der Waals surface area contributed by atoms with Crippen LogP contribution in [0.5, 0.6) is 5.75 Å². The standard InChI is InChI=1S/C16H24N2O2.ClH/c1-12(13(2)17)16(19)18-10-8-15(9-11-18)20-14-6-4-3-5-7-14;/h3-7,12-13,15H,8-11,17H2,1-2H3;1H. The third-order valence-electron chi connectivity index (χ3n) is 3.98. The van der Waals surface area contributed by atoms with E-state index in [0.717, 1.165) is 31.7 Å². The van der Waals surface area contributed by atoms with Gasteiger partial charge in [0, 0.05) is 32.0 Å². The van der Waals surface area contributed by atoms with E-state index in [-0.39, 0.29) is 36.4 Å². The molecule has 1 amide bonds. The maximum absolute atomic E-state index is 12.2. The van der Waals surface area contributed by atoms with Crippen molar-refractivity contribution in [3.05, 3.63) is 30.3 Å². The summed E-state index contributed by atoms with van der Waals surface area (Å²) in [7, 11) is 0. The number of carbonyl (C=O) groups excluding carboxylic acids is 1. The molecule has 118 valence electrons. The van der Waals surface area contributed by atoms with Crippen LogP contribution in [0.25, 0.3) is 0 Å². The maximum atomic E-state index is 12.2. The van der Waals surface area contributed by atoms with Gasteiger partial charge in [0.25, 0.3) is 0 Å². The monoisotopic (exact) mass is 312 g/mol. The van der Waals surface area contributed by atoms with Crippen LogP contribution < -0.4 is 10.5 Å². The van der Waals surface area contributed by atoms with Crippen LogP contribution in [-0.4, -0.2) is 36.0 Å². The van der Waals surface area contributed by atoms with Gasteiger partial charge in [0.15, 0.2) is 0 Å². The summed E-state index contributed by atoms with van der Waals surface area (Å²) in [4.78, 5) is 14.1. The fourth-order valence-electron chi connectivity index (χ4n) is 2.40. The van der Waals surface area contributed by atoms with E-state index in [9.17, 15) is 4.79 Å². The van der Waals surface area contributed by atoms with E-state index in [0.29, 0.717) is 0 Å². The molecule has 4 nitrogen and oxygen atoms in total. The number of ether oxygens (including phenoxy) is 1. The van der Waals surface area contributed by atoms with Crippen LogP contribution in [0, 0.1) is 5.92 Å². The minimum Gasteiger partial charge on any atom is -0.490 e. The average molecular weight is 313 g/mol. The van der Waals surface area contributed by atoms with Gasteiger partial charge in [0.05, 0.1) is 5.92 Å². The van der Waals surface area contributed by atoms with Crippen molar-refractivity contribution >= 4 is 18.3 Å². The van der Waals surface area contributed by atoms with Gasteiger partial charge in [-0.15, -0.1) is 12.4 Å². The molecule has 0 aliphatic carbocycles. The molecule has 1 saturated heterocycles. The van der Waals surface area contributed by atoms with Crippen molar-refractivity contribution in [1.82, 2.24) is 4.90 Å². The fraction of sp³-hybridized carbons (Fsp3) is 0.562. The molecule has 1 aliphatic rings. The molecule has 1 fully saturated rings. The zero-order chi connectivity index (χ0) is 14.5. The highest BCUT2D eigenvalue weighted by Gasteiger charge is 2.28. The molecular formula is C16H25ClN2O2. The first-order chi connectivity index (χ1) is 9.58. The molecule has 5 heteroatoms. The Morgan fingerprint density at radius 3 is 2.33 bits per heavy atom. The largest absolute Gasteiger partial charge is 0.490 e. The van der Waals surface area contributed by atoms with E-state index in [1.54, 1.807) is 0 Å². The second-order valence-corrected chi connectivity index (χ2v) is 5.60. The molecule has 2 rings (SSSR count). The Balaban J connectivity index is 0.00000220. The lowest BCUT2D eigenvalue weighted by Crippen LogP contribution is -2.47. The number of piperidine rings is 1. The van der Waals surface area contributed by atoms with Crippen LogP contribution in [0.3, 0.4) is 0 Å². The Labute approximate surface area is 133 Å². The second kappa shape index (κ2) is 8.25. The number of para-hydroxylation sites is 1. The minimum atomic E-state index is -0.110. The summed E-state index contributed by atoms with van der Waals surface area (Å²) in [5.41, 5.74) is 5.80. The maximum Gasteiger partial charge on any atom is 0.226 e. The van der Waals surface area contributed by atoms with Crippen LogP contribution in [0.4, 0.5) is 0 Å². The fourth-order valence-corrected chi connectivity index (χ4v) is 2.40. The van der Waals surface area contributed by atoms with Crippen LogP contribution in [0.1, 0.15) is 26.7 Å². The van der Waals surface area contributed by atoms with E-state index in [2.05, 4.69) is 0 Å². The molecule has 0 spiro atoms. The van der Waals surface area contributed by atoms with Gasteiger partial charge >= 0.3 is 0 Å². The zero-order valence-corrected chi connectivity index (χ0v) is 13.5. The predicted octanol–water partition coefficient (Wildman–Crippen LogP) is 2.46. The van der Waals surface area contributed by atoms with Crippen LogP contribution >= 0.6 is 12.4 Å². The second-order valence-electron chi connectivity index (χ2n) is 5.60. The number of amides is 1. The summed E-state index contributed by atoms with van der Waals surface area (Å²) in [6.45, 7) is 5.30. The Morgan fingerprint density at radius 2 is 1.81 bits per heavy atom. The molecular weight excluding hydrogens is 288 g/mol. The van der Waals surface area contributed by atoms with Crippen molar-refractivity contribution in [2.75, 3.05) is 13.1 Å². The van der Waals surface area contributed by atoms with E-state index in [4.69, 9.17) is 10.5 Å². The molecule has 2 N–H and O–H groups in total. The lowest BCUT2D eigenvalue weighted by molar-refractivity contribution is -0.137. The van der Waals surface area contributed by atoms with Crippen LogP contribution in [-0.2, 0) is 4.79 Å². The van der Waals surface area contributed by atoms with Crippen LogP contribution in [0.2, 0.25) is 0 Å². The number of rotatable bonds is 4. The van der Waals surface area contributed by atoms with Gasteiger partial charge in [-0.25, -0.2) is 0 Å². The van der Waals surface area contributed by atoms with Gasteiger partial charge in [-0.1, -0.05) is 25.1 Å². The summed E-state index contributed by atoms with van der Waals surface area (Å²) >= 11 is 0. The summed E-state index contributed by atoms with van der Waals surface area (Å²) in [6.07, 6.45) is 1.96. The highest BCUT2D eigenvalue weighted by Crippen LogP contribution is 2.20. The third-order valence-corrected chi connectivity index (χ3v) is 3.98. The number of hydrogen-bond donors (Lipinski definition) is 1. The SMILES string of the molecule is CC(N)C(C)C(=O)N1CCC(Oc2ccccc2)CC1.Cl. The molecule has 0 bridgehead atoms. The summed E-state index contributed by atoms with van der Waals surface area (Å²) in [5, 5.41) is 0. The minimum absolute atomic E-state index is 0. The Hall–Kier alpha value is -1.26. The molecule has 1 aliphatic heterocycles. The predicted molar refractivity (Wildman–Crippen MR) is 86.7 cm³/mol. The van der Waals surface area contributed by atoms with Gasteiger partial charge in [-0.05, 0) is 19.1 Å². The summed E-state index contributed by atoms with van der Waals surface area (Å²) in [5.74, 6) is 0.959. The van der Waals surface area contributed by atoms with Crippen molar-refractivity contribution in [3.8, 4) is 5.75 Å². The quantitative estimate of drug-likeness (QED) is 0.929. The number of halogens is 1. The molecule has 0 saturated carbocycles. The Kier molecular flexibility index (Phi) is 6.99. The lowest BCUT2D eigenvalue weighted by Gasteiger charge is -2.34. The molecule has 2 atom stereocenters.